The highest BCUT2D eigenvalue weighted by atomic mass is 16.2. The summed E-state index contributed by atoms with van der Waals surface area (Å²) in [6, 6.07) is 34.0. The number of nitrogens with zero attached hydrogens (tertiary/aromatic N) is 1. The molecule has 4 aromatic carbocycles. The van der Waals surface area contributed by atoms with Gasteiger partial charge in [-0.25, -0.2) is 11.3 Å². The minimum atomic E-state index is -0.245. The number of nitrogens with two attached hydrogens (primary N) is 1. The maximum atomic E-state index is 12.6. The zero-order chi connectivity index (χ0) is 23.8. The van der Waals surface area contributed by atoms with E-state index in [2.05, 4.69) is 10.9 Å². The van der Waals surface area contributed by atoms with E-state index in [0.29, 0.717) is 24.2 Å². The molecule has 0 spiro atoms. The molecule has 4 aromatic rings. The summed E-state index contributed by atoms with van der Waals surface area (Å²) in [5.74, 6) is 5.54. The molecular formula is C28H26N4O2. The van der Waals surface area contributed by atoms with E-state index in [-0.39, 0.29) is 11.8 Å². The molecule has 0 fully saturated rings. The molecule has 6 nitrogen and oxygen atoms in total. The average Bonchev–Trinajstić information content (AvgIpc) is 2.89. The number of hydrazine groups is 2. The van der Waals surface area contributed by atoms with Gasteiger partial charge in [-0.15, -0.1) is 0 Å². The molecule has 0 aliphatic carbocycles. The summed E-state index contributed by atoms with van der Waals surface area (Å²) in [4.78, 5) is 25.0. The molecule has 0 atom stereocenters. The Morgan fingerprint density at radius 1 is 0.647 bits per heavy atom. The second-order valence-electron chi connectivity index (χ2n) is 7.87. The van der Waals surface area contributed by atoms with E-state index in [1.54, 1.807) is 24.3 Å². The Morgan fingerprint density at radius 3 is 1.71 bits per heavy atom. The van der Waals surface area contributed by atoms with E-state index < -0.39 is 0 Å². The van der Waals surface area contributed by atoms with Crippen LogP contribution in [0.1, 0.15) is 31.8 Å². The average molecular weight is 451 g/mol. The van der Waals surface area contributed by atoms with E-state index in [0.717, 1.165) is 22.3 Å². The van der Waals surface area contributed by atoms with Crippen LogP contribution in [-0.2, 0) is 13.1 Å². The van der Waals surface area contributed by atoms with Gasteiger partial charge >= 0.3 is 0 Å². The topological polar surface area (TPSA) is 87.5 Å². The van der Waals surface area contributed by atoms with E-state index in [4.69, 9.17) is 5.84 Å². The maximum Gasteiger partial charge on any atom is 0.268 e. The van der Waals surface area contributed by atoms with Crippen molar-refractivity contribution >= 4 is 11.8 Å². The Balaban J connectivity index is 1.33. The first-order chi connectivity index (χ1) is 16.6. The van der Waals surface area contributed by atoms with Gasteiger partial charge in [-0.1, -0.05) is 84.9 Å². The van der Waals surface area contributed by atoms with Crippen LogP contribution in [0.15, 0.2) is 109 Å². The van der Waals surface area contributed by atoms with Crippen molar-refractivity contribution in [3.05, 3.63) is 131 Å². The molecule has 4 rings (SSSR count). The maximum absolute atomic E-state index is 12.6. The highest BCUT2D eigenvalue weighted by Gasteiger charge is 2.13. The van der Waals surface area contributed by atoms with Crippen LogP contribution in [0.25, 0.3) is 11.1 Å². The first kappa shape index (κ1) is 22.9. The molecule has 0 radical (unpaired) electrons. The van der Waals surface area contributed by atoms with Crippen LogP contribution in [-0.4, -0.2) is 16.8 Å². The molecule has 4 N–H and O–H groups in total. The highest BCUT2D eigenvalue weighted by Crippen LogP contribution is 2.21. The number of nitrogens with one attached hydrogen (secondary N) is 2. The van der Waals surface area contributed by atoms with Gasteiger partial charge in [-0.05, 0) is 46.5 Å². The normalized spacial score (nSPS) is 10.5. The van der Waals surface area contributed by atoms with Gasteiger partial charge in [0.05, 0.1) is 6.54 Å². The third-order valence-corrected chi connectivity index (χ3v) is 5.41. The molecule has 6 heteroatoms. The molecule has 0 aliphatic heterocycles. The summed E-state index contributed by atoms with van der Waals surface area (Å²) >= 11 is 0. The Labute approximate surface area is 199 Å². The van der Waals surface area contributed by atoms with Crippen molar-refractivity contribution < 1.29 is 9.59 Å². The molecule has 0 saturated heterocycles. The van der Waals surface area contributed by atoms with Crippen molar-refractivity contribution in [3.63, 3.8) is 0 Å². The molecule has 2 amide bonds. The third-order valence-electron chi connectivity index (χ3n) is 5.41. The minimum Gasteiger partial charge on any atom is -0.287 e. The fourth-order valence-corrected chi connectivity index (χ4v) is 3.53. The lowest BCUT2D eigenvalue weighted by Gasteiger charge is -2.17. The van der Waals surface area contributed by atoms with Crippen LogP contribution in [0.3, 0.4) is 0 Å². The number of benzene rings is 4. The van der Waals surface area contributed by atoms with Gasteiger partial charge in [-0.3, -0.25) is 20.0 Å². The van der Waals surface area contributed by atoms with E-state index >= 15 is 0 Å². The third kappa shape index (κ3) is 5.95. The van der Waals surface area contributed by atoms with E-state index in [1.165, 1.54) is 5.01 Å². The van der Waals surface area contributed by atoms with Gasteiger partial charge in [0, 0.05) is 17.7 Å². The summed E-state index contributed by atoms with van der Waals surface area (Å²) in [7, 11) is 0. The van der Waals surface area contributed by atoms with Gasteiger partial charge in [0.1, 0.15) is 0 Å². The summed E-state index contributed by atoms with van der Waals surface area (Å²) in [6.07, 6.45) is 0. The van der Waals surface area contributed by atoms with Crippen molar-refractivity contribution in [3.8, 4) is 11.1 Å². The largest absolute Gasteiger partial charge is 0.287 e. The lowest BCUT2D eigenvalue weighted by Crippen LogP contribution is -2.36. The fraction of sp³-hybridized carbons (Fsp3) is 0.0714. The monoisotopic (exact) mass is 450 g/mol. The Bertz CT molecular complexity index is 1230. The molecule has 0 saturated carbocycles. The first-order valence-corrected chi connectivity index (χ1v) is 11.0. The summed E-state index contributed by atoms with van der Waals surface area (Å²) in [5, 5.41) is 1.21. The molecular weight excluding hydrogens is 424 g/mol. The second-order valence-corrected chi connectivity index (χ2v) is 7.87. The van der Waals surface area contributed by atoms with Crippen molar-refractivity contribution in [2.75, 3.05) is 0 Å². The summed E-state index contributed by atoms with van der Waals surface area (Å²) < 4.78 is 0. The Kier molecular flexibility index (Phi) is 7.45. The summed E-state index contributed by atoms with van der Waals surface area (Å²) in [5.41, 5.74) is 10.7. The minimum absolute atomic E-state index is 0.204. The van der Waals surface area contributed by atoms with E-state index in [9.17, 15) is 9.59 Å². The van der Waals surface area contributed by atoms with Gasteiger partial charge in [0.25, 0.3) is 11.8 Å². The number of amides is 2. The van der Waals surface area contributed by atoms with Crippen molar-refractivity contribution in [2.45, 2.75) is 13.1 Å². The first-order valence-electron chi connectivity index (χ1n) is 11.0. The number of hydrogen-bond donors (Lipinski definition) is 3. The van der Waals surface area contributed by atoms with Crippen LogP contribution in [0.5, 0.6) is 0 Å². The van der Waals surface area contributed by atoms with Crippen LogP contribution < -0.4 is 16.7 Å². The standard InChI is InChI=1S/C28H26N4O2/c29-32(20-22-9-5-2-6-10-22)28(34)26-17-13-24(14-18-26)23-11-15-25(16-12-23)27(33)31-30-19-21-7-3-1-4-8-21/h1-18,30H,19-20,29H2,(H,31,33). The lowest BCUT2D eigenvalue weighted by molar-refractivity contribution is 0.0743. The SMILES string of the molecule is NN(Cc1ccccc1)C(=O)c1ccc(-c2ccc(C(=O)NNCc3ccccc3)cc2)cc1. The molecule has 0 aliphatic rings. The Hall–Kier alpha value is -4.26. The number of hydrogen-bond acceptors (Lipinski definition) is 4. The van der Waals surface area contributed by atoms with Gasteiger partial charge in [-0.2, -0.15) is 0 Å². The number of rotatable bonds is 8. The zero-order valence-electron chi connectivity index (χ0n) is 18.6. The molecule has 0 aromatic heterocycles. The van der Waals surface area contributed by atoms with Gasteiger partial charge in [0.15, 0.2) is 0 Å². The number of carbonyl (C=O) groups is 2. The van der Waals surface area contributed by atoms with Crippen LogP contribution in [0.2, 0.25) is 0 Å². The van der Waals surface area contributed by atoms with Gasteiger partial charge < -0.3 is 0 Å². The smallest absolute Gasteiger partial charge is 0.268 e. The second kappa shape index (κ2) is 11.0. The fourth-order valence-electron chi connectivity index (χ4n) is 3.53. The van der Waals surface area contributed by atoms with Crippen LogP contribution in [0.4, 0.5) is 0 Å². The summed E-state index contributed by atoms with van der Waals surface area (Å²) in [6.45, 7) is 0.881. The van der Waals surface area contributed by atoms with Gasteiger partial charge in [0.2, 0.25) is 0 Å². The molecule has 0 bridgehead atoms. The van der Waals surface area contributed by atoms with Crippen molar-refractivity contribution in [1.82, 2.24) is 15.9 Å². The predicted octanol–water partition coefficient (Wildman–Crippen LogP) is 4.30. The Morgan fingerprint density at radius 2 is 1.15 bits per heavy atom. The molecule has 34 heavy (non-hydrogen) atoms. The number of carbonyl (C=O) groups excluding carboxylic acids is 2. The van der Waals surface area contributed by atoms with E-state index in [1.807, 2.05) is 84.9 Å². The van der Waals surface area contributed by atoms with Crippen molar-refractivity contribution in [2.24, 2.45) is 5.84 Å². The molecule has 170 valence electrons. The zero-order valence-corrected chi connectivity index (χ0v) is 18.6. The van der Waals surface area contributed by atoms with Crippen molar-refractivity contribution in [1.29, 1.82) is 0 Å². The highest BCUT2D eigenvalue weighted by molar-refractivity contribution is 5.95. The quantitative estimate of drug-likeness (QED) is 0.212. The molecule has 0 heterocycles. The lowest BCUT2D eigenvalue weighted by atomic mass is 10.0. The predicted molar refractivity (Wildman–Crippen MR) is 133 cm³/mol. The van der Waals surface area contributed by atoms with Crippen LogP contribution in [0, 0.1) is 0 Å². The molecule has 0 unspecified atom stereocenters. The van der Waals surface area contributed by atoms with Crippen LogP contribution >= 0.6 is 0 Å².